The smallest absolute Gasteiger partial charge is 0.257 e. The number of hydrogen-bond donors (Lipinski definition) is 1. The number of amides is 1. The van der Waals surface area contributed by atoms with E-state index < -0.39 is 0 Å². The van der Waals surface area contributed by atoms with Crippen LogP contribution in [0.5, 0.6) is 0 Å². The van der Waals surface area contributed by atoms with E-state index in [9.17, 15) is 4.79 Å². The van der Waals surface area contributed by atoms with E-state index in [1.165, 1.54) is 0 Å². The number of carbonyl (C=O) groups excluding carboxylic acids is 1. The highest BCUT2D eigenvalue weighted by molar-refractivity contribution is 5.97. The van der Waals surface area contributed by atoms with Gasteiger partial charge in [-0.25, -0.2) is 4.98 Å². The lowest BCUT2D eigenvalue weighted by molar-refractivity contribution is 0.0615. The fourth-order valence-corrected chi connectivity index (χ4v) is 2.91. The number of aromatic nitrogens is 2. The van der Waals surface area contributed by atoms with E-state index in [1.54, 1.807) is 6.20 Å². The molecule has 1 aliphatic rings. The molecule has 1 fully saturated rings. The van der Waals surface area contributed by atoms with Gasteiger partial charge in [-0.15, -0.1) is 0 Å². The number of fused-ring (bicyclic) bond motifs is 1. The van der Waals surface area contributed by atoms with Gasteiger partial charge in [0, 0.05) is 38.9 Å². The molecule has 3 rings (SSSR count). The van der Waals surface area contributed by atoms with Crippen LogP contribution in [0.15, 0.2) is 16.8 Å². The minimum Gasteiger partial charge on any atom is -0.395 e. The highest BCUT2D eigenvalue weighted by Gasteiger charge is 2.23. The number of aliphatic hydroxyl groups excluding tert-OH is 1. The first-order valence-corrected chi connectivity index (χ1v) is 8.09. The van der Waals surface area contributed by atoms with E-state index in [0.29, 0.717) is 30.9 Å². The summed E-state index contributed by atoms with van der Waals surface area (Å²) in [6.45, 7) is 5.81. The van der Waals surface area contributed by atoms with Gasteiger partial charge >= 0.3 is 0 Å². The zero-order chi connectivity index (χ0) is 16.2. The average Bonchev–Trinajstić information content (AvgIpc) is 2.98. The van der Waals surface area contributed by atoms with Gasteiger partial charge < -0.3 is 14.5 Å². The van der Waals surface area contributed by atoms with Gasteiger partial charge in [0.15, 0.2) is 0 Å². The molecule has 1 amide bonds. The van der Waals surface area contributed by atoms with Gasteiger partial charge in [-0.1, -0.05) is 18.5 Å². The Bertz CT molecular complexity index is 677. The molecule has 2 aromatic rings. The molecule has 0 saturated carbocycles. The van der Waals surface area contributed by atoms with E-state index in [-0.39, 0.29) is 12.5 Å². The Balaban J connectivity index is 1.74. The van der Waals surface area contributed by atoms with E-state index in [1.807, 2.05) is 11.0 Å². The zero-order valence-electron chi connectivity index (χ0n) is 13.4. The number of piperazine rings is 1. The van der Waals surface area contributed by atoms with Crippen molar-refractivity contribution in [1.29, 1.82) is 0 Å². The van der Waals surface area contributed by atoms with Crippen molar-refractivity contribution in [2.24, 2.45) is 0 Å². The Kier molecular flexibility index (Phi) is 4.88. The molecule has 1 N–H and O–H groups in total. The fourth-order valence-electron chi connectivity index (χ4n) is 2.91. The van der Waals surface area contributed by atoms with Crippen LogP contribution in [-0.2, 0) is 6.42 Å². The van der Waals surface area contributed by atoms with Crippen LogP contribution in [0.3, 0.4) is 0 Å². The summed E-state index contributed by atoms with van der Waals surface area (Å²) < 4.78 is 5.21. The quantitative estimate of drug-likeness (QED) is 0.883. The van der Waals surface area contributed by atoms with Crippen molar-refractivity contribution in [3.63, 3.8) is 0 Å². The predicted octanol–water partition coefficient (Wildman–Crippen LogP) is 0.925. The first-order chi connectivity index (χ1) is 11.2. The van der Waals surface area contributed by atoms with Crippen molar-refractivity contribution in [3.8, 4) is 0 Å². The van der Waals surface area contributed by atoms with Crippen molar-refractivity contribution in [2.75, 3.05) is 39.3 Å². The Morgan fingerprint density at radius 2 is 2.13 bits per heavy atom. The Morgan fingerprint density at radius 1 is 1.35 bits per heavy atom. The van der Waals surface area contributed by atoms with Crippen molar-refractivity contribution >= 4 is 17.0 Å². The van der Waals surface area contributed by atoms with Crippen LogP contribution in [0.4, 0.5) is 0 Å². The first-order valence-electron chi connectivity index (χ1n) is 8.09. The standard InChI is InChI=1S/C16H22N4O3/c1-2-3-14-13-10-12(11-17-15(13)23-18-14)16(22)20-6-4-19(5-7-20)8-9-21/h10-11,21H,2-9H2,1H3. The van der Waals surface area contributed by atoms with Crippen molar-refractivity contribution < 1.29 is 14.4 Å². The maximum absolute atomic E-state index is 12.7. The molecule has 7 nitrogen and oxygen atoms in total. The lowest BCUT2D eigenvalue weighted by Crippen LogP contribution is -2.49. The second kappa shape index (κ2) is 7.06. The molecule has 0 atom stereocenters. The predicted molar refractivity (Wildman–Crippen MR) is 85.2 cm³/mol. The van der Waals surface area contributed by atoms with Gasteiger partial charge in [0.05, 0.1) is 23.3 Å². The van der Waals surface area contributed by atoms with Crippen LogP contribution in [0.25, 0.3) is 11.1 Å². The molecule has 7 heteroatoms. The molecule has 1 saturated heterocycles. The maximum atomic E-state index is 12.7. The first kappa shape index (κ1) is 15.9. The minimum atomic E-state index is -0.00769. The van der Waals surface area contributed by atoms with Crippen molar-refractivity contribution in [3.05, 3.63) is 23.5 Å². The van der Waals surface area contributed by atoms with E-state index in [4.69, 9.17) is 9.63 Å². The summed E-state index contributed by atoms with van der Waals surface area (Å²) in [6, 6.07) is 1.84. The number of pyridine rings is 1. The number of hydrogen-bond acceptors (Lipinski definition) is 6. The topological polar surface area (TPSA) is 82.7 Å². The molecular formula is C16H22N4O3. The van der Waals surface area contributed by atoms with Crippen LogP contribution >= 0.6 is 0 Å². The number of aryl methyl sites for hydroxylation is 1. The molecule has 0 unspecified atom stereocenters. The molecular weight excluding hydrogens is 296 g/mol. The minimum absolute atomic E-state index is 0.00769. The third-order valence-electron chi connectivity index (χ3n) is 4.21. The number of carbonyl (C=O) groups is 1. The van der Waals surface area contributed by atoms with E-state index in [2.05, 4.69) is 22.0 Å². The summed E-state index contributed by atoms with van der Waals surface area (Å²) in [5, 5.41) is 13.8. The summed E-state index contributed by atoms with van der Waals surface area (Å²) in [6.07, 6.45) is 3.34. The van der Waals surface area contributed by atoms with Crippen LogP contribution in [0.2, 0.25) is 0 Å². The lowest BCUT2D eigenvalue weighted by Gasteiger charge is -2.34. The molecule has 2 aromatic heterocycles. The highest BCUT2D eigenvalue weighted by Crippen LogP contribution is 2.20. The van der Waals surface area contributed by atoms with E-state index in [0.717, 1.165) is 37.0 Å². The lowest BCUT2D eigenvalue weighted by atomic mass is 10.1. The van der Waals surface area contributed by atoms with Crippen molar-refractivity contribution in [1.82, 2.24) is 19.9 Å². The third kappa shape index (κ3) is 3.35. The molecule has 0 aromatic carbocycles. The highest BCUT2D eigenvalue weighted by atomic mass is 16.5. The van der Waals surface area contributed by atoms with Crippen LogP contribution < -0.4 is 0 Å². The number of β-amino-alcohol motifs (C(OH)–C–C–N with tert-alkyl or cyclic N) is 1. The maximum Gasteiger partial charge on any atom is 0.257 e. The molecule has 124 valence electrons. The second-order valence-electron chi connectivity index (χ2n) is 5.81. The summed E-state index contributed by atoms with van der Waals surface area (Å²) >= 11 is 0. The van der Waals surface area contributed by atoms with Crippen LogP contribution in [0.1, 0.15) is 29.4 Å². The van der Waals surface area contributed by atoms with E-state index >= 15 is 0 Å². The summed E-state index contributed by atoms with van der Waals surface area (Å²) in [5.74, 6) is -0.00769. The average molecular weight is 318 g/mol. The Hall–Kier alpha value is -1.99. The second-order valence-corrected chi connectivity index (χ2v) is 5.81. The van der Waals surface area contributed by atoms with Crippen molar-refractivity contribution in [2.45, 2.75) is 19.8 Å². The Labute approximate surface area is 134 Å². The largest absolute Gasteiger partial charge is 0.395 e. The number of nitrogens with zero attached hydrogens (tertiary/aromatic N) is 4. The summed E-state index contributed by atoms with van der Waals surface area (Å²) in [7, 11) is 0. The molecule has 1 aliphatic heterocycles. The molecule has 23 heavy (non-hydrogen) atoms. The molecule has 0 aliphatic carbocycles. The van der Waals surface area contributed by atoms with Gasteiger partial charge in [-0.2, -0.15) is 0 Å². The molecule has 0 spiro atoms. The Morgan fingerprint density at radius 3 is 2.83 bits per heavy atom. The van der Waals surface area contributed by atoms with Gasteiger partial charge in [-0.3, -0.25) is 9.69 Å². The normalized spacial score (nSPS) is 16.2. The monoisotopic (exact) mass is 318 g/mol. The van der Waals surface area contributed by atoms with Gasteiger partial charge in [-0.05, 0) is 12.5 Å². The van der Waals surface area contributed by atoms with Crippen LogP contribution in [0, 0.1) is 0 Å². The zero-order valence-corrected chi connectivity index (χ0v) is 13.4. The van der Waals surface area contributed by atoms with Gasteiger partial charge in [0.25, 0.3) is 11.6 Å². The SMILES string of the molecule is CCCc1noc2ncc(C(=O)N3CCN(CCO)CC3)cc12. The summed E-state index contributed by atoms with van der Waals surface area (Å²) in [4.78, 5) is 20.9. The van der Waals surface area contributed by atoms with Gasteiger partial charge in [0.1, 0.15) is 0 Å². The van der Waals surface area contributed by atoms with Crippen LogP contribution in [-0.4, -0.2) is 70.3 Å². The fraction of sp³-hybridized carbons (Fsp3) is 0.562. The molecule has 3 heterocycles. The summed E-state index contributed by atoms with van der Waals surface area (Å²) in [5.41, 5.74) is 1.92. The molecule has 0 radical (unpaired) electrons. The number of aliphatic hydroxyl groups is 1. The third-order valence-corrected chi connectivity index (χ3v) is 4.21. The van der Waals surface area contributed by atoms with Gasteiger partial charge in [0.2, 0.25) is 0 Å². The number of rotatable bonds is 5. The molecule has 0 bridgehead atoms.